The van der Waals surface area contributed by atoms with Gasteiger partial charge in [-0.3, -0.25) is 0 Å². The van der Waals surface area contributed by atoms with Crippen molar-refractivity contribution in [3.63, 3.8) is 0 Å². The second-order valence-corrected chi connectivity index (χ2v) is 1.66. The molecule has 0 aromatic carbocycles. The van der Waals surface area contributed by atoms with Gasteiger partial charge in [0.05, 0.1) is 0 Å². The number of allylic oxidation sites excluding steroid dienone is 3. The van der Waals surface area contributed by atoms with Crippen LogP contribution in [0.5, 0.6) is 0 Å². The van der Waals surface area contributed by atoms with E-state index in [-0.39, 0.29) is 0 Å². The van der Waals surface area contributed by atoms with Gasteiger partial charge in [0.1, 0.15) is 0 Å². The second kappa shape index (κ2) is 4.24. The summed E-state index contributed by atoms with van der Waals surface area (Å²) in [6, 6.07) is 0. The van der Waals surface area contributed by atoms with Crippen molar-refractivity contribution >= 4 is 17.7 Å². The Hall–Kier alpha value is 0.0774. The van der Waals surface area contributed by atoms with Gasteiger partial charge in [0.2, 0.25) is 0 Å². The summed E-state index contributed by atoms with van der Waals surface area (Å²) in [6.45, 7) is 5.25. The van der Waals surface area contributed by atoms with Gasteiger partial charge in [0.15, 0.2) is 0 Å². The molecule has 0 spiro atoms. The van der Waals surface area contributed by atoms with Crippen LogP contribution in [0.25, 0.3) is 0 Å². The van der Waals surface area contributed by atoms with Gasteiger partial charge in [-0.1, -0.05) is 6.08 Å². The summed E-state index contributed by atoms with van der Waals surface area (Å²) in [5.41, 5.74) is 0. The fourth-order valence-electron chi connectivity index (χ4n) is 0.102. The van der Waals surface area contributed by atoms with Crippen molar-refractivity contribution in [1.29, 1.82) is 0 Å². The van der Waals surface area contributed by atoms with Gasteiger partial charge in [0, 0.05) is 0 Å². The Bertz CT molecular complexity index is 82.2. The summed E-state index contributed by atoms with van der Waals surface area (Å²) in [6.07, 6.45) is 5.24. The number of hydrogen-bond acceptors (Lipinski definition) is 0. The van der Waals surface area contributed by atoms with Crippen molar-refractivity contribution in [2.45, 2.75) is 13.3 Å². The van der Waals surface area contributed by atoms with E-state index in [4.69, 9.17) is 0 Å². The van der Waals surface area contributed by atoms with Crippen molar-refractivity contribution in [2.24, 2.45) is 0 Å². The molecule has 0 amide bonds. The zero-order valence-corrected chi connectivity index (χ0v) is 5.07. The molecule has 0 aliphatic heterocycles. The van der Waals surface area contributed by atoms with E-state index in [9.17, 15) is 0 Å². The summed E-state index contributed by atoms with van der Waals surface area (Å²) < 4.78 is 1.54. The molecule has 0 fully saturated rings. The van der Waals surface area contributed by atoms with Crippen LogP contribution in [-0.4, -0.2) is 17.7 Å². The van der Waals surface area contributed by atoms with Crippen LogP contribution in [0.2, 0.25) is 0 Å². The number of rotatable bonds is 0. The van der Waals surface area contributed by atoms with E-state index in [1.807, 2.05) is 6.92 Å². The normalized spacial score (nSPS) is 13.3. The van der Waals surface area contributed by atoms with Crippen LogP contribution >= 0.6 is 0 Å². The maximum absolute atomic E-state index is 3.36. The monoisotopic (exact) mass is 88.1 g/mol. The molecule has 1 aliphatic rings. The first-order valence-corrected chi connectivity index (χ1v) is 2.54. The Labute approximate surface area is 54.5 Å². The SMILES string of the molecule is C=CC.[Li][C]1=CC1. The van der Waals surface area contributed by atoms with Crippen LogP contribution in [0.1, 0.15) is 13.3 Å². The average molecular weight is 88.1 g/mol. The maximum atomic E-state index is 3.36. The molecular weight excluding hydrogens is 79.0 g/mol. The summed E-state index contributed by atoms with van der Waals surface area (Å²) in [5, 5.41) is 0. The third-order valence-corrected chi connectivity index (χ3v) is 0.612. The second-order valence-electron chi connectivity index (χ2n) is 1.66. The predicted molar refractivity (Wildman–Crippen MR) is 34.3 cm³/mol. The van der Waals surface area contributed by atoms with E-state index in [2.05, 4.69) is 30.4 Å². The Morgan fingerprint density at radius 1 is 2.00 bits per heavy atom. The number of hydrogen-bond donors (Lipinski definition) is 0. The molecule has 0 saturated heterocycles. The van der Waals surface area contributed by atoms with Crippen LogP contribution in [0.3, 0.4) is 0 Å². The molecule has 1 rings (SSSR count). The van der Waals surface area contributed by atoms with Gasteiger partial charge < -0.3 is 0 Å². The van der Waals surface area contributed by atoms with E-state index in [0.29, 0.717) is 0 Å². The molecule has 1 heteroatoms. The van der Waals surface area contributed by atoms with Gasteiger partial charge in [-0.25, -0.2) is 0 Å². The topological polar surface area (TPSA) is 0 Å². The predicted octanol–water partition coefficient (Wildman–Crippen LogP) is 1.63. The molecule has 0 bridgehead atoms. The van der Waals surface area contributed by atoms with Gasteiger partial charge >= 0.3 is 34.5 Å². The quantitative estimate of drug-likeness (QED) is 0.312. The van der Waals surface area contributed by atoms with E-state index >= 15 is 0 Å². The fraction of sp³-hybridized carbons (Fsp3) is 0.333. The average Bonchev–Trinajstić information content (AvgIpc) is 2.25. The first kappa shape index (κ1) is 7.08. The molecule has 0 aromatic rings. The Morgan fingerprint density at radius 2 is 2.14 bits per heavy atom. The zero-order valence-electron chi connectivity index (χ0n) is 5.07. The molecule has 7 heavy (non-hydrogen) atoms. The third-order valence-electron chi connectivity index (χ3n) is 0.612. The van der Waals surface area contributed by atoms with Gasteiger partial charge in [-0.15, -0.1) is 6.58 Å². The van der Waals surface area contributed by atoms with Crippen molar-refractivity contribution < 1.29 is 0 Å². The van der Waals surface area contributed by atoms with E-state index < -0.39 is 0 Å². The summed E-state index contributed by atoms with van der Waals surface area (Å²) in [7, 11) is 0. The summed E-state index contributed by atoms with van der Waals surface area (Å²) in [5.74, 6) is 0. The molecule has 0 atom stereocenters. The van der Waals surface area contributed by atoms with Gasteiger partial charge in [-0.2, -0.15) is 0 Å². The van der Waals surface area contributed by atoms with E-state index in [1.165, 1.54) is 6.42 Å². The Kier molecular flexibility index (Phi) is 4.29. The molecular formula is C6H9Li. The first-order chi connectivity index (χ1) is 3.31. The summed E-state index contributed by atoms with van der Waals surface area (Å²) >= 11 is 2.14. The molecule has 0 radical (unpaired) electrons. The molecule has 0 nitrogen and oxygen atoms in total. The first-order valence-electron chi connectivity index (χ1n) is 2.54. The van der Waals surface area contributed by atoms with Gasteiger partial charge in [-0.05, 0) is 6.92 Å². The Balaban J connectivity index is 0.000000110. The van der Waals surface area contributed by atoms with Crippen molar-refractivity contribution in [1.82, 2.24) is 0 Å². The molecule has 0 unspecified atom stereocenters. The fourth-order valence-corrected chi connectivity index (χ4v) is 0.102. The van der Waals surface area contributed by atoms with Crippen molar-refractivity contribution in [3.05, 3.63) is 23.0 Å². The molecule has 1 aliphatic carbocycles. The van der Waals surface area contributed by atoms with Crippen LogP contribution in [0, 0.1) is 0 Å². The minimum atomic E-state index is 1.28. The molecule has 0 N–H and O–H groups in total. The van der Waals surface area contributed by atoms with Crippen LogP contribution in [-0.2, 0) is 0 Å². The minimum absolute atomic E-state index is 1.28. The standard InChI is InChI=1S/C3H3.C3H6.Li/c1-2-3-1;1-3-2;/h1H,2H2;3H,1H2,2H3;. The van der Waals surface area contributed by atoms with Gasteiger partial charge in [0.25, 0.3) is 0 Å². The van der Waals surface area contributed by atoms with Crippen LogP contribution in [0.4, 0.5) is 0 Å². The van der Waals surface area contributed by atoms with E-state index in [0.717, 1.165) is 0 Å². The van der Waals surface area contributed by atoms with E-state index in [1.54, 1.807) is 10.3 Å². The Morgan fingerprint density at radius 3 is 2.14 bits per heavy atom. The molecule has 0 saturated carbocycles. The van der Waals surface area contributed by atoms with Crippen molar-refractivity contribution in [3.8, 4) is 0 Å². The molecule has 0 aromatic heterocycles. The van der Waals surface area contributed by atoms with Crippen LogP contribution < -0.4 is 0 Å². The third kappa shape index (κ3) is 10.7. The molecule has 0 heterocycles. The van der Waals surface area contributed by atoms with Crippen molar-refractivity contribution in [2.75, 3.05) is 0 Å². The summed E-state index contributed by atoms with van der Waals surface area (Å²) in [4.78, 5) is 0. The zero-order chi connectivity index (χ0) is 5.70. The molecule has 34 valence electrons. The van der Waals surface area contributed by atoms with Crippen LogP contribution in [0.15, 0.2) is 23.0 Å².